The van der Waals surface area contributed by atoms with Crippen molar-refractivity contribution in [3.05, 3.63) is 83.9 Å². The molecular formula is C26H26N4O4S. The number of nitrogens with one attached hydrogen (secondary N) is 2. The van der Waals surface area contributed by atoms with Crippen LogP contribution in [0.1, 0.15) is 35.7 Å². The van der Waals surface area contributed by atoms with E-state index in [1.807, 2.05) is 26.0 Å². The van der Waals surface area contributed by atoms with Gasteiger partial charge in [0.15, 0.2) is 11.6 Å². The van der Waals surface area contributed by atoms with Crippen LogP contribution >= 0.6 is 0 Å². The lowest BCUT2D eigenvalue weighted by molar-refractivity contribution is 0.0499. The lowest BCUT2D eigenvalue weighted by atomic mass is 10.2. The number of rotatable bonds is 9. The van der Waals surface area contributed by atoms with Crippen LogP contribution in [0.15, 0.2) is 77.7 Å². The molecule has 0 spiro atoms. The van der Waals surface area contributed by atoms with E-state index in [1.54, 1.807) is 54.6 Å². The number of aryl methyl sites for hydroxylation is 1. The zero-order valence-electron chi connectivity index (χ0n) is 19.5. The number of anilines is 3. The highest BCUT2D eigenvalue weighted by atomic mass is 32.2. The predicted molar refractivity (Wildman–Crippen MR) is 136 cm³/mol. The molecule has 0 aliphatic rings. The van der Waals surface area contributed by atoms with Gasteiger partial charge >= 0.3 is 5.97 Å². The SMILES string of the molecule is CCCCOC(=O)c1ccc(Nc2nc3ccccc3nc2NS(=O)(=O)c2cccc(C)c2)cc1. The van der Waals surface area contributed by atoms with E-state index in [2.05, 4.69) is 20.0 Å². The van der Waals surface area contributed by atoms with Gasteiger partial charge < -0.3 is 10.1 Å². The first kappa shape index (κ1) is 24.2. The molecule has 0 saturated heterocycles. The Morgan fingerprint density at radius 1 is 0.914 bits per heavy atom. The van der Waals surface area contributed by atoms with E-state index in [4.69, 9.17) is 4.74 Å². The van der Waals surface area contributed by atoms with Gasteiger partial charge in [0.25, 0.3) is 10.0 Å². The standard InChI is InChI=1S/C26H26N4O4S/c1-3-4-16-34-26(31)19-12-14-20(15-13-19)27-24-25(29-23-11-6-5-10-22(23)28-24)30-35(32,33)21-9-7-8-18(2)17-21/h5-15,17H,3-4,16H2,1-2H3,(H,27,28)(H,29,30). The Morgan fingerprint density at radius 3 is 2.26 bits per heavy atom. The molecule has 0 saturated carbocycles. The third kappa shape index (κ3) is 5.93. The van der Waals surface area contributed by atoms with E-state index in [9.17, 15) is 13.2 Å². The molecule has 0 atom stereocenters. The van der Waals surface area contributed by atoms with Crippen LogP contribution in [0.25, 0.3) is 11.0 Å². The van der Waals surface area contributed by atoms with Gasteiger partial charge in [0.1, 0.15) is 0 Å². The van der Waals surface area contributed by atoms with Crippen LogP contribution < -0.4 is 10.0 Å². The van der Waals surface area contributed by atoms with Crippen molar-refractivity contribution in [3.63, 3.8) is 0 Å². The summed E-state index contributed by atoms with van der Waals surface area (Å²) >= 11 is 0. The second kappa shape index (κ2) is 10.5. The minimum absolute atomic E-state index is 0.0632. The van der Waals surface area contributed by atoms with Crippen molar-refractivity contribution < 1.29 is 17.9 Å². The van der Waals surface area contributed by atoms with Gasteiger partial charge in [0.05, 0.1) is 28.1 Å². The van der Waals surface area contributed by atoms with E-state index in [0.29, 0.717) is 28.9 Å². The van der Waals surface area contributed by atoms with Gasteiger partial charge in [0.2, 0.25) is 0 Å². The molecule has 4 rings (SSSR count). The highest BCUT2D eigenvalue weighted by Gasteiger charge is 2.19. The molecule has 2 N–H and O–H groups in total. The molecule has 0 aliphatic carbocycles. The normalized spacial score (nSPS) is 11.3. The van der Waals surface area contributed by atoms with Crippen molar-refractivity contribution in [2.75, 3.05) is 16.6 Å². The summed E-state index contributed by atoms with van der Waals surface area (Å²) in [5.41, 5.74) is 3.01. The minimum atomic E-state index is -3.90. The maximum atomic E-state index is 13.1. The van der Waals surface area contributed by atoms with Crippen LogP contribution in [-0.2, 0) is 14.8 Å². The topological polar surface area (TPSA) is 110 Å². The predicted octanol–water partition coefficient (Wildman–Crippen LogP) is 5.44. The van der Waals surface area contributed by atoms with Gasteiger partial charge in [-0.05, 0) is 67.4 Å². The van der Waals surface area contributed by atoms with Crippen molar-refractivity contribution in [2.45, 2.75) is 31.6 Å². The van der Waals surface area contributed by atoms with E-state index in [0.717, 1.165) is 18.4 Å². The Bertz CT molecular complexity index is 1450. The summed E-state index contributed by atoms with van der Waals surface area (Å²) in [6, 6.07) is 20.5. The first-order valence-corrected chi connectivity index (χ1v) is 12.7. The number of ether oxygens (including phenoxy) is 1. The second-order valence-electron chi connectivity index (χ2n) is 8.02. The first-order chi connectivity index (χ1) is 16.9. The Balaban J connectivity index is 1.63. The zero-order chi connectivity index (χ0) is 24.8. The molecular weight excluding hydrogens is 464 g/mol. The molecule has 0 amide bonds. The molecule has 0 unspecified atom stereocenters. The highest BCUT2D eigenvalue weighted by molar-refractivity contribution is 7.92. The van der Waals surface area contributed by atoms with Gasteiger partial charge in [-0.2, -0.15) is 0 Å². The number of hydrogen-bond donors (Lipinski definition) is 2. The number of para-hydroxylation sites is 2. The Morgan fingerprint density at radius 2 is 1.60 bits per heavy atom. The molecule has 0 radical (unpaired) electrons. The van der Waals surface area contributed by atoms with Gasteiger partial charge in [-0.15, -0.1) is 0 Å². The molecule has 4 aromatic rings. The fraction of sp³-hybridized carbons (Fsp3) is 0.192. The molecule has 0 bridgehead atoms. The third-order valence-electron chi connectivity index (χ3n) is 5.22. The molecule has 1 heterocycles. The Labute approximate surface area is 204 Å². The monoisotopic (exact) mass is 490 g/mol. The quantitative estimate of drug-likeness (QED) is 0.237. The molecule has 9 heteroatoms. The van der Waals surface area contributed by atoms with Crippen LogP contribution in [-0.4, -0.2) is 31.0 Å². The molecule has 180 valence electrons. The van der Waals surface area contributed by atoms with Crippen molar-refractivity contribution in [1.82, 2.24) is 9.97 Å². The van der Waals surface area contributed by atoms with E-state index < -0.39 is 10.0 Å². The van der Waals surface area contributed by atoms with Crippen LogP contribution in [0.2, 0.25) is 0 Å². The van der Waals surface area contributed by atoms with Gasteiger partial charge in [-0.3, -0.25) is 4.72 Å². The van der Waals surface area contributed by atoms with Gasteiger partial charge in [-0.1, -0.05) is 37.6 Å². The summed E-state index contributed by atoms with van der Waals surface area (Å²) < 4.78 is 33.9. The van der Waals surface area contributed by atoms with Crippen molar-refractivity contribution >= 4 is 44.3 Å². The van der Waals surface area contributed by atoms with E-state index >= 15 is 0 Å². The lowest BCUT2D eigenvalue weighted by Crippen LogP contribution is -2.16. The number of carbonyl (C=O) groups is 1. The Kier molecular flexibility index (Phi) is 7.26. The van der Waals surface area contributed by atoms with Gasteiger partial charge in [0, 0.05) is 5.69 Å². The summed E-state index contributed by atoms with van der Waals surface area (Å²) in [5.74, 6) is -0.0893. The fourth-order valence-electron chi connectivity index (χ4n) is 3.35. The summed E-state index contributed by atoms with van der Waals surface area (Å²) in [4.78, 5) is 21.4. The highest BCUT2D eigenvalue weighted by Crippen LogP contribution is 2.27. The van der Waals surface area contributed by atoms with E-state index in [1.165, 1.54) is 6.07 Å². The van der Waals surface area contributed by atoms with Crippen LogP contribution in [0, 0.1) is 6.92 Å². The number of aromatic nitrogens is 2. The number of nitrogens with zero attached hydrogens (tertiary/aromatic N) is 2. The van der Waals surface area contributed by atoms with Crippen LogP contribution in [0.5, 0.6) is 0 Å². The smallest absolute Gasteiger partial charge is 0.338 e. The summed E-state index contributed by atoms with van der Waals surface area (Å²) in [7, 11) is -3.90. The number of fused-ring (bicyclic) bond motifs is 1. The van der Waals surface area contributed by atoms with Crippen molar-refractivity contribution in [1.29, 1.82) is 0 Å². The number of sulfonamides is 1. The average molecular weight is 491 g/mol. The Hall–Kier alpha value is -3.98. The number of unbranched alkanes of at least 4 members (excludes halogenated alkanes) is 1. The number of benzene rings is 3. The molecule has 1 aromatic heterocycles. The summed E-state index contributed by atoms with van der Waals surface area (Å²) in [6.45, 7) is 4.23. The number of esters is 1. The van der Waals surface area contributed by atoms with Gasteiger partial charge in [-0.25, -0.2) is 23.2 Å². The molecule has 0 aliphatic heterocycles. The van der Waals surface area contributed by atoms with E-state index in [-0.39, 0.29) is 22.5 Å². The minimum Gasteiger partial charge on any atom is -0.462 e. The fourth-order valence-corrected chi connectivity index (χ4v) is 4.46. The molecule has 8 nitrogen and oxygen atoms in total. The van der Waals surface area contributed by atoms with Crippen LogP contribution in [0.3, 0.4) is 0 Å². The second-order valence-corrected chi connectivity index (χ2v) is 9.71. The lowest BCUT2D eigenvalue weighted by Gasteiger charge is -2.14. The first-order valence-electron chi connectivity index (χ1n) is 11.3. The zero-order valence-corrected chi connectivity index (χ0v) is 20.3. The largest absolute Gasteiger partial charge is 0.462 e. The molecule has 35 heavy (non-hydrogen) atoms. The number of hydrogen-bond acceptors (Lipinski definition) is 7. The van der Waals surface area contributed by atoms with Crippen molar-refractivity contribution in [2.24, 2.45) is 0 Å². The average Bonchev–Trinajstić information content (AvgIpc) is 2.85. The van der Waals surface area contributed by atoms with Crippen molar-refractivity contribution in [3.8, 4) is 0 Å². The molecule has 0 fully saturated rings. The maximum absolute atomic E-state index is 13.1. The summed E-state index contributed by atoms with van der Waals surface area (Å²) in [6.07, 6.45) is 1.76. The molecule has 3 aromatic carbocycles. The third-order valence-corrected chi connectivity index (χ3v) is 6.55. The maximum Gasteiger partial charge on any atom is 0.338 e. The van der Waals surface area contributed by atoms with Crippen LogP contribution in [0.4, 0.5) is 17.3 Å². The summed E-state index contributed by atoms with van der Waals surface area (Å²) in [5, 5.41) is 3.12. The number of carbonyl (C=O) groups excluding carboxylic acids is 1.